The van der Waals surface area contributed by atoms with E-state index in [1.54, 1.807) is 30.3 Å². The predicted molar refractivity (Wildman–Crippen MR) is 123 cm³/mol. The summed E-state index contributed by atoms with van der Waals surface area (Å²) in [6, 6.07) is 8.48. The summed E-state index contributed by atoms with van der Waals surface area (Å²) in [5.74, 6) is -0.508. The van der Waals surface area contributed by atoms with Crippen LogP contribution in [-0.2, 0) is 16.2 Å². The van der Waals surface area contributed by atoms with E-state index >= 15 is 0 Å². The Morgan fingerprint density at radius 1 is 1.26 bits per heavy atom. The number of rotatable bonds is 7. The quantitative estimate of drug-likeness (QED) is 0.498. The van der Waals surface area contributed by atoms with E-state index in [2.05, 4.69) is 15.9 Å². The van der Waals surface area contributed by atoms with Crippen molar-refractivity contribution >= 4 is 74.0 Å². The molecular formula is C20H15BrCl2N2O5S. The summed E-state index contributed by atoms with van der Waals surface area (Å²) in [6.07, 6.45) is 1.53. The average Bonchev–Trinajstić information content (AvgIpc) is 2.95. The molecule has 7 nitrogen and oxygen atoms in total. The molecule has 2 aromatic rings. The Bertz CT molecular complexity index is 1110. The third kappa shape index (κ3) is 5.54. The third-order valence-electron chi connectivity index (χ3n) is 4.12. The van der Waals surface area contributed by atoms with Crippen LogP contribution in [0, 0.1) is 0 Å². The van der Waals surface area contributed by atoms with Gasteiger partial charge in [0.2, 0.25) is 5.91 Å². The van der Waals surface area contributed by atoms with Crippen LogP contribution in [-0.4, -0.2) is 35.6 Å². The maximum Gasteiger partial charge on any atom is 0.294 e. The van der Waals surface area contributed by atoms with Crippen molar-refractivity contribution < 1.29 is 23.9 Å². The molecule has 1 heterocycles. The number of nitrogens with zero attached hydrogens (tertiary/aromatic N) is 1. The fourth-order valence-electron chi connectivity index (χ4n) is 2.70. The summed E-state index contributed by atoms with van der Waals surface area (Å²) >= 11 is 16.3. The Labute approximate surface area is 200 Å². The molecule has 0 saturated carbocycles. The first kappa shape index (κ1) is 23.5. The number of amides is 3. The van der Waals surface area contributed by atoms with E-state index in [0.717, 1.165) is 22.2 Å². The zero-order valence-electron chi connectivity index (χ0n) is 16.0. The topological polar surface area (TPSA) is 98.9 Å². The zero-order chi connectivity index (χ0) is 22.7. The molecule has 162 valence electrons. The van der Waals surface area contributed by atoms with Crippen LogP contribution in [0.3, 0.4) is 0 Å². The normalized spacial score (nSPS) is 15.0. The number of hydrogen-bond acceptors (Lipinski definition) is 6. The van der Waals surface area contributed by atoms with Gasteiger partial charge in [-0.3, -0.25) is 19.3 Å². The van der Waals surface area contributed by atoms with Gasteiger partial charge in [0.15, 0.2) is 11.5 Å². The summed E-state index contributed by atoms with van der Waals surface area (Å²) < 4.78 is 11.9. The third-order valence-corrected chi connectivity index (χ3v) is 6.21. The van der Waals surface area contributed by atoms with Crippen LogP contribution in [0.2, 0.25) is 10.0 Å². The van der Waals surface area contributed by atoms with Gasteiger partial charge in [0, 0.05) is 15.6 Å². The maximum atomic E-state index is 12.4. The fourth-order valence-corrected chi connectivity index (χ4v) is 4.57. The van der Waals surface area contributed by atoms with Crippen molar-refractivity contribution in [3.8, 4) is 11.5 Å². The molecule has 31 heavy (non-hydrogen) atoms. The molecule has 1 saturated heterocycles. The van der Waals surface area contributed by atoms with Crippen LogP contribution in [0.1, 0.15) is 11.1 Å². The monoisotopic (exact) mass is 544 g/mol. The highest BCUT2D eigenvalue weighted by atomic mass is 79.9. The van der Waals surface area contributed by atoms with E-state index in [-0.39, 0.29) is 11.5 Å². The zero-order valence-corrected chi connectivity index (χ0v) is 19.9. The number of benzene rings is 2. The second-order valence-electron chi connectivity index (χ2n) is 6.29. The molecule has 3 rings (SSSR count). The standard InChI is InChI=1S/C20H15BrCl2N2O5S/c1-29-15-5-10(6-16-19(27)25(8-17(24)26)20(28)31-16)4-13(21)18(15)30-9-11-2-3-12(22)7-14(11)23/h2-7H,8-9H2,1H3,(H2,24,26)/b16-6-. The van der Waals surface area contributed by atoms with Crippen LogP contribution in [0.15, 0.2) is 39.7 Å². The molecule has 0 radical (unpaired) electrons. The predicted octanol–water partition coefficient (Wildman–Crippen LogP) is 4.87. The SMILES string of the molecule is COc1cc(/C=C2\SC(=O)N(CC(N)=O)C2=O)cc(Br)c1OCc1ccc(Cl)cc1Cl. The molecule has 0 atom stereocenters. The van der Waals surface area contributed by atoms with Gasteiger partial charge in [0.05, 0.1) is 16.5 Å². The lowest BCUT2D eigenvalue weighted by Gasteiger charge is -2.14. The van der Waals surface area contributed by atoms with Crippen molar-refractivity contribution in [2.75, 3.05) is 13.7 Å². The summed E-state index contributed by atoms with van der Waals surface area (Å²) in [4.78, 5) is 36.4. The highest BCUT2D eigenvalue weighted by molar-refractivity contribution is 9.10. The number of carbonyl (C=O) groups excluding carboxylic acids is 3. The number of halogens is 3. The maximum absolute atomic E-state index is 12.4. The minimum absolute atomic E-state index is 0.168. The van der Waals surface area contributed by atoms with E-state index in [9.17, 15) is 14.4 Å². The number of methoxy groups -OCH3 is 1. The molecular weight excluding hydrogens is 531 g/mol. The van der Waals surface area contributed by atoms with Gasteiger partial charge in [-0.15, -0.1) is 0 Å². The lowest BCUT2D eigenvalue weighted by molar-refractivity contribution is -0.127. The number of ether oxygens (including phenoxy) is 2. The molecule has 0 aromatic heterocycles. The Balaban J connectivity index is 1.84. The molecule has 2 N–H and O–H groups in total. The lowest BCUT2D eigenvalue weighted by Crippen LogP contribution is -2.36. The summed E-state index contributed by atoms with van der Waals surface area (Å²) in [5, 5.41) is 0.448. The molecule has 11 heteroatoms. The van der Waals surface area contributed by atoms with E-state index in [1.807, 2.05) is 0 Å². The molecule has 1 fully saturated rings. The number of imide groups is 1. The molecule has 0 bridgehead atoms. The van der Waals surface area contributed by atoms with Crippen LogP contribution < -0.4 is 15.2 Å². The fraction of sp³-hybridized carbons (Fsp3) is 0.150. The molecule has 0 spiro atoms. The van der Waals surface area contributed by atoms with E-state index in [1.165, 1.54) is 13.2 Å². The van der Waals surface area contributed by atoms with Crippen LogP contribution in [0.4, 0.5) is 4.79 Å². The van der Waals surface area contributed by atoms with E-state index in [0.29, 0.717) is 31.6 Å². The minimum atomic E-state index is -0.768. The van der Waals surface area contributed by atoms with Crippen molar-refractivity contribution in [1.29, 1.82) is 0 Å². The Hall–Kier alpha value is -2.20. The first-order valence-electron chi connectivity index (χ1n) is 8.67. The van der Waals surface area contributed by atoms with E-state index < -0.39 is 23.6 Å². The van der Waals surface area contributed by atoms with Gasteiger partial charge in [0.1, 0.15) is 13.2 Å². The summed E-state index contributed by atoms with van der Waals surface area (Å²) in [6.45, 7) is -0.286. The number of carbonyl (C=O) groups is 3. The van der Waals surface area contributed by atoms with Crippen LogP contribution >= 0.6 is 50.9 Å². The summed E-state index contributed by atoms with van der Waals surface area (Å²) in [5.41, 5.74) is 6.42. The lowest BCUT2D eigenvalue weighted by atomic mass is 10.1. The van der Waals surface area contributed by atoms with Crippen molar-refractivity contribution in [3.05, 3.63) is 60.9 Å². The van der Waals surface area contributed by atoms with Crippen molar-refractivity contribution in [2.24, 2.45) is 5.73 Å². The second kappa shape index (κ2) is 9.95. The average molecular weight is 546 g/mol. The Morgan fingerprint density at radius 2 is 2.00 bits per heavy atom. The second-order valence-corrected chi connectivity index (χ2v) is 8.98. The molecule has 0 aliphatic carbocycles. The van der Waals surface area contributed by atoms with Gasteiger partial charge >= 0.3 is 0 Å². The number of primary amides is 1. The van der Waals surface area contributed by atoms with Gasteiger partial charge in [0.25, 0.3) is 11.1 Å². The first-order chi connectivity index (χ1) is 14.7. The first-order valence-corrected chi connectivity index (χ1v) is 11.0. The van der Waals surface area contributed by atoms with Crippen LogP contribution in [0.5, 0.6) is 11.5 Å². The summed E-state index contributed by atoms with van der Waals surface area (Å²) in [7, 11) is 1.48. The van der Waals surface area contributed by atoms with E-state index in [4.69, 9.17) is 38.4 Å². The molecule has 1 aliphatic rings. The smallest absolute Gasteiger partial charge is 0.294 e. The number of hydrogen-bond donors (Lipinski definition) is 1. The number of thioether (sulfide) groups is 1. The highest BCUT2D eigenvalue weighted by Crippen LogP contribution is 2.39. The van der Waals surface area contributed by atoms with Crippen molar-refractivity contribution in [3.63, 3.8) is 0 Å². The molecule has 3 amide bonds. The molecule has 0 unspecified atom stereocenters. The molecule has 2 aromatic carbocycles. The Morgan fingerprint density at radius 3 is 2.65 bits per heavy atom. The van der Waals surface area contributed by atoms with Gasteiger partial charge < -0.3 is 15.2 Å². The van der Waals surface area contributed by atoms with Gasteiger partial charge in [-0.25, -0.2) is 0 Å². The number of nitrogens with two attached hydrogens (primary N) is 1. The largest absolute Gasteiger partial charge is 0.493 e. The molecule has 1 aliphatic heterocycles. The van der Waals surface area contributed by atoms with Crippen molar-refractivity contribution in [1.82, 2.24) is 4.90 Å². The Kier molecular flexibility index (Phi) is 7.53. The van der Waals surface area contributed by atoms with Gasteiger partial charge in [-0.1, -0.05) is 29.3 Å². The van der Waals surface area contributed by atoms with Crippen LogP contribution in [0.25, 0.3) is 6.08 Å². The van der Waals surface area contributed by atoms with Crippen molar-refractivity contribution in [2.45, 2.75) is 6.61 Å². The van der Waals surface area contributed by atoms with Gasteiger partial charge in [-0.2, -0.15) is 0 Å². The highest BCUT2D eigenvalue weighted by Gasteiger charge is 2.35. The minimum Gasteiger partial charge on any atom is -0.493 e. The van der Waals surface area contributed by atoms with Gasteiger partial charge in [-0.05, 0) is 63.6 Å².